The van der Waals surface area contributed by atoms with Gasteiger partial charge in [0.25, 0.3) is 0 Å². The molecule has 2 rings (SSSR count). The second-order valence-corrected chi connectivity index (χ2v) is 5.34. The highest BCUT2D eigenvalue weighted by atomic mass is 16.4. The smallest absolute Gasteiger partial charge is 0.321 e. The van der Waals surface area contributed by atoms with Gasteiger partial charge in [-0.2, -0.15) is 0 Å². The van der Waals surface area contributed by atoms with Crippen LogP contribution in [0.25, 0.3) is 0 Å². The van der Waals surface area contributed by atoms with E-state index in [1.54, 1.807) is 0 Å². The van der Waals surface area contributed by atoms with E-state index in [0.29, 0.717) is 18.7 Å². The molecule has 1 aliphatic heterocycles. The first-order chi connectivity index (χ1) is 9.45. The lowest BCUT2D eigenvalue weighted by atomic mass is 9.76. The number of nitrogens with one attached hydrogen (secondary N) is 1. The van der Waals surface area contributed by atoms with E-state index in [4.69, 9.17) is 0 Å². The van der Waals surface area contributed by atoms with Crippen molar-refractivity contribution in [1.29, 1.82) is 0 Å². The van der Waals surface area contributed by atoms with Gasteiger partial charge in [-0.15, -0.1) is 0 Å². The monoisotopic (exact) mass is 278 g/mol. The number of nitrogens with zero attached hydrogens (tertiary/aromatic N) is 3. The van der Waals surface area contributed by atoms with Gasteiger partial charge in [0.1, 0.15) is 6.33 Å². The summed E-state index contributed by atoms with van der Waals surface area (Å²) in [5.74, 6) is -0.872. The Morgan fingerprint density at radius 2 is 2.05 bits per heavy atom. The predicted molar refractivity (Wildman–Crippen MR) is 72.1 cm³/mol. The fourth-order valence-corrected chi connectivity index (χ4v) is 2.47. The van der Waals surface area contributed by atoms with Crippen molar-refractivity contribution in [1.82, 2.24) is 14.9 Å². The molecular weight excluding hydrogens is 260 g/mol. The summed E-state index contributed by atoms with van der Waals surface area (Å²) < 4.78 is 0. The van der Waals surface area contributed by atoms with Crippen molar-refractivity contribution in [3.63, 3.8) is 0 Å². The highest BCUT2D eigenvalue weighted by Crippen LogP contribution is 2.38. The second kappa shape index (κ2) is 5.44. The number of amides is 2. The minimum absolute atomic E-state index is 0.0298. The van der Waals surface area contributed by atoms with E-state index in [0.717, 1.165) is 0 Å². The van der Waals surface area contributed by atoms with Crippen LogP contribution in [-0.2, 0) is 4.79 Å². The number of rotatable bonds is 3. The molecule has 0 aromatic carbocycles. The normalized spacial score (nSPS) is 22.1. The van der Waals surface area contributed by atoms with Gasteiger partial charge in [0.2, 0.25) is 0 Å². The molecule has 2 N–H and O–H groups in total. The van der Waals surface area contributed by atoms with E-state index in [1.165, 1.54) is 23.6 Å². The van der Waals surface area contributed by atoms with Crippen LogP contribution in [0.1, 0.15) is 20.3 Å². The molecule has 1 unspecified atom stereocenters. The summed E-state index contributed by atoms with van der Waals surface area (Å²) in [7, 11) is 0. The Labute approximate surface area is 117 Å². The molecule has 0 saturated carbocycles. The van der Waals surface area contributed by atoms with Crippen LogP contribution in [0.5, 0.6) is 0 Å². The molecule has 0 aliphatic carbocycles. The van der Waals surface area contributed by atoms with Gasteiger partial charge in [-0.1, -0.05) is 13.8 Å². The number of carbonyl (C=O) groups is 2. The van der Waals surface area contributed by atoms with E-state index in [2.05, 4.69) is 15.3 Å². The molecule has 108 valence electrons. The van der Waals surface area contributed by atoms with Crippen LogP contribution in [0, 0.1) is 11.3 Å². The number of carbonyl (C=O) groups excluding carboxylic acids is 1. The summed E-state index contributed by atoms with van der Waals surface area (Å²) in [6, 6.07) is -0.316. The molecule has 0 spiro atoms. The molecule has 2 amide bonds. The van der Waals surface area contributed by atoms with Crippen LogP contribution >= 0.6 is 0 Å². The molecule has 1 atom stereocenters. The van der Waals surface area contributed by atoms with Crippen LogP contribution in [-0.4, -0.2) is 45.1 Å². The predicted octanol–water partition coefficient (Wildman–Crippen LogP) is 1.44. The van der Waals surface area contributed by atoms with Crippen molar-refractivity contribution in [2.75, 3.05) is 18.4 Å². The van der Waals surface area contributed by atoms with Crippen LogP contribution in [0.4, 0.5) is 10.5 Å². The molecular formula is C13H18N4O3. The summed E-state index contributed by atoms with van der Waals surface area (Å²) in [6.07, 6.45) is 4.83. The number of carboxylic acids is 1. The zero-order valence-corrected chi connectivity index (χ0v) is 11.5. The third-order valence-corrected chi connectivity index (χ3v) is 3.93. The quantitative estimate of drug-likeness (QED) is 0.872. The standard InChI is InChI=1S/C13H18N4O3/c1-9(2)13(11(18)19)3-4-17(7-13)12(20)16-10-5-14-8-15-6-10/h5-6,8-9H,3-4,7H2,1-2H3,(H,16,20)(H,18,19). The Hall–Kier alpha value is -2.18. The lowest BCUT2D eigenvalue weighted by Gasteiger charge is -2.28. The number of anilines is 1. The summed E-state index contributed by atoms with van der Waals surface area (Å²) >= 11 is 0. The Morgan fingerprint density at radius 1 is 1.40 bits per heavy atom. The highest BCUT2D eigenvalue weighted by molar-refractivity contribution is 5.90. The summed E-state index contributed by atoms with van der Waals surface area (Å²) in [6.45, 7) is 4.41. The van der Waals surface area contributed by atoms with Gasteiger partial charge in [-0.25, -0.2) is 14.8 Å². The number of likely N-dealkylation sites (tertiary alicyclic amines) is 1. The van der Waals surface area contributed by atoms with Gasteiger partial charge in [0.15, 0.2) is 0 Å². The molecule has 7 heteroatoms. The molecule has 7 nitrogen and oxygen atoms in total. The van der Waals surface area contributed by atoms with Gasteiger partial charge in [0.05, 0.1) is 23.5 Å². The number of urea groups is 1. The molecule has 0 bridgehead atoms. The molecule has 1 fully saturated rings. The number of carboxylic acid groups (broad SMARTS) is 1. The van der Waals surface area contributed by atoms with Crippen molar-refractivity contribution in [2.24, 2.45) is 11.3 Å². The Bertz CT molecular complexity index is 506. The number of aliphatic carboxylic acids is 1. The van der Waals surface area contributed by atoms with Crippen molar-refractivity contribution < 1.29 is 14.7 Å². The zero-order chi connectivity index (χ0) is 14.8. The van der Waals surface area contributed by atoms with Crippen molar-refractivity contribution in [3.05, 3.63) is 18.7 Å². The van der Waals surface area contributed by atoms with Crippen molar-refractivity contribution in [3.8, 4) is 0 Å². The minimum atomic E-state index is -0.857. The van der Waals surface area contributed by atoms with E-state index in [9.17, 15) is 14.7 Å². The SMILES string of the molecule is CC(C)C1(C(=O)O)CCN(C(=O)Nc2cncnc2)C1. The average molecular weight is 278 g/mol. The molecule has 20 heavy (non-hydrogen) atoms. The van der Waals surface area contributed by atoms with Gasteiger partial charge < -0.3 is 15.3 Å². The van der Waals surface area contributed by atoms with Gasteiger partial charge in [-0.3, -0.25) is 4.79 Å². The molecule has 1 aromatic heterocycles. The van der Waals surface area contributed by atoms with Gasteiger partial charge in [-0.05, 0) is 12.3 Å². The van der Waals surface area contributed by atoms with E-state index in [1.807, 2.05) is 13.8 Å². The molecule has 1 saturated heterocycles. The van der Waals surface area contributed by atoms with Crippen molar-refractivity contribution in [2.45, 2.75) is 20.3 Å². The number of hydrogen-bond acceptors (Lipinski definition) is 4. The largest absolute Gasteiger partial charge is 0.481 e. The van der Waals surface area contributed by atoms with Gasteiger partial charge >= 0.3 is 12.0 Å². The van der Waals surface area contributed by atoms with Crippen molar-refractivity contribution >= 4 is 17.7 Å². The third-order valence-electron chi connectivity index (χ3n) is 3.93. The first-order valence-electron chi connectivity index (χ1n) is 6.50. The third kappa shape index (κ3) is 2.56. The maximum atomic E-state index is 12.1. The maximum absolute atomic E-state index is 12.1. The molecule has 0 radical (unpaired) electrons. The Balaban J connectivity index is 2.05. The molecule has 2 heterocycles. The topological polar surface area (TPSA) is 95.4 Å². The van der Waals surface area contributed by atoms with Crippen LogP contribution < -0.4 is 5.32 Å². The first kappa shape index (κ1) is 14.2. The fourth-order valence-electron chi connectivity index (χ4n) is 2.47. The van der Waals surface area contributed by atoms with Gasteiger partial charge in [0, 0.05) is 13.1 Å². The maximum Gasteiger partial charge on any atom is 0.321 e. The van der Waals surface area contributed by atoms with E-state index < -0.39 is 11.4 Å². The summed E-state index contributed by atoms with van der Waals surface area (Å²) in [5, 5.41) is 12.1. The Kier molecular flexibility index (Phi) is 3.87. The van der Waals surface area contributed by atoms with E-state index >= 15 is 0 Å². The fraction of sp³-hybridized carbons (Fsp3) is 0.538. The van der Waals surface area contributed by atoms with E-state index in [-0.39, 0.29) is 18.5 Å². The number of hydrogen-bond donors (Lipinski definition) is 2. The minimum Gasteiger partial charge on any atom is -0.481 e. The molecule has 1 aliphatic rings. The Morgan fingerprint density at radius 3 is 2.55 bits per heavy atom. The van der Waals surface area contributed by atoms with Crippen LogP contribution in [0.15, 0.2) is 18.7 Å². The zero-order valence-electron chi connectivity index (χ0n) is 11.5. The second-order valence-electron chi connectivity index (χ2n) is 5.34. The highest BCUT2D eigenvalue weighted by Gasteiger charge is 2.48. The summed E-state index contributed by atoms with van der Waals surface area (Å²) in [4.78, 5) is 32.8. The first-order valence-corrected chi connectivity index (χ1v) is 6.50. The lowest BCUT2D eigenvalue weighted by Crippen LogP contribution is -2.41. The lowest BCUT2D eigenvalue weighted by molar-refractivity contribution is -0.150. The van der Waals surface area contributed by atoms with Crippen LogP contribution in [0.3, 0.4) is 0 Å². The average Bonchev–Trinajstić information content (AvgIpc) is 2.86. The summed E-state index contributed by atoms with van der Waals surface area (Å²) in [5.41, 5.74) is -0.361. The van der Waals surface area contributed by atoms with Crippen LogP contribution in [0.2, 0.25) is 0 Å². The molecule has 1 aromatic rings. The number of aromatic nitrogens is 2.